The molecule has 0 aliphatic heterocycles. The van der Waals surface area contributed by atoms with Gasteiger partial charge in [0.25, 0.3) is 0 Å². The Balaban J connectivity index is 0. The summed E-state index contributed by atoms with van der Waals surface area (Å²) in [6, 6.07) is -2.15. The van der Waals surface area contributed by atoms with Crippen LogP contribution in [0.4, 0.5) is 0 Å². The van der Waals surface area contributed by atoms with Crippen molar-refractivity contribution in [1.82, 2.24) is 10.6 Å². The Morgan fingerprint density at radius 3 is 2.19 bits per heavy atom. The van der Waals surface area contributed by atoms with Crippen molar-refractivity contribution in [3.63, 3.8) is 0 Å². The normalized spacial score (nSPS) is 12.5. The molecule has 0 bridgehead atoms. The SMILES string of the molecule is N[C@@H](CCC(=O)N[C@@H](CS)C(=O)NCC(=O)O)C(=O)O.[MgH2]. The monoisotopic (exact) mass is 333 g/mol. The van der Waals surface area contributed by atoms with Crippen molar-refractivity contribution in [2.75, 3.05) is 12.3 Å². The summed E-state index contributed by atoms with van der Waals surface area (Å²) in [6.07, 6.45) is -0.235. The topological polar surface area (TPSA) is 159 Å². The van der Waals surface area contributed by atoms with Crippen LogP contribution in [0, 0.1) is 0 Å². The van der Waals surface area contributed by atoms with Gasteiger partial charge in [-0.25, -0.2) is 0 Å². The van der Waals surface area contributed by atoms with Gasteiger partial charge < -0.3 is 26.6 Å². The van der Waals surface area contributed by atoms with Crippen LogP contribution >= 0.6 is 12.6 Å². The standard InChI is InChI=1S/C10H17N3O6S.Mg.2H/c11-5(10(18)19)1-2-7(14)13-6(4-20)9(17)12-3-8(15)16;;;/h5-6,20H,1-4,11H2,(H,12,17)(H,13,14)(H,15,16)(H,18,19);;;/t5-,6-;;;/m0.../s1. The van der Waals surface area contributed by atoms with E-state index in [9.17, 15) is 19.2 Å². The van der Waals surface area contributed by atoms with Gasteiger partial charge in [-0.15, -0.1) is 0 Å². The molecule has 0 aromatic heterocycles. The molecule has 21 heavy (non-hydrogen) atoms. The number of carbonyl (C=O) groups excluding carboxylic acids is 2. The summed E-state index contributed by atoms with van der Waals surface area (Å²) in [5.74, 6) is -3.70. The predicted molar refractivity (Wildman–Crippen MR) is 79.8 cm³/mol. The van der Waals surface area contributed by atoms with E-state index in [0.29, 0.717) is 0 Å². The van der Waals surface area contributed by atoms with Crippen LogP contribution in [0.25, 0.3) is 0 Å². The maximum absolute atomic E-state index is 11.5. The maximum Gasteiger partial charge on any atom is 0.322 e. The van der Waals surface area contributed by atoms with E-state index in [2.05, 4.69) is 23.3 Å². The van der Waals surface area contributed by atoms with Gasteiger partial charge in [-0.1, -0.05) is 0 Å². The van der Waals surface area contributed by atoms with Gasteiger partial charge in [0.2, 0.25) is 11.8 Å². The summed E-state index contributed by atoms with van der Waals surface area (Å²) in [5.41, 5.74) is 5.23. The molecular formula is C10H19MgN3O6S. The molecule has 11 heteroatoms. The lowest BCUT2D eigenvalue weighted by Crippen LogP contribution is -2.49. The zero-order chi connectivity index (χ0) is 15.7. The van der Waals surface area contributed by atoms with Gasteiger partial charge >= 0.3 is 35.0 Å². The molecule has 0 rings (SSSR count). The summed E-state index contributed by atoms with van der Waals surface area (Å²) < 4.78 is 0. The van der Waals surface area contributed by atoms with Gasteiger partial charge in [0.1, 0.15) is 18.6 Å². The lowest BCUT2D eigenvalue weighted by atomic mass is 10.1. The summed E-state index contributed by atoms with van der Waals surface area (Å²) in [4.78, 5) is 43.7. The third-order valence-corrected chi connectivity index (χ3v) is 2.61. The summed E-state index contributed by atoms with van der Waals surface area (Å²) in [5, 5.41) is 21.4. The lowest BCUT2D eigenvalue weighted by Gasteiger charge is -2.16. The molecule has 0 aromatic carbocycles. The minimum atomic E-state index is -1.22. The molecule has 0 saturated carbocycles. The van der Waals surface area contributed by atoms with Crippen LogP contribution in [0.3, 0.4) is 0 Å². The minimum Gasteiger partial charge on any atom is -0.480 e. The van der Waals surface area contributed by atoms with Crippen molar-refractivity contribution < 1.29 is 29.4 Å². The highest BCUT2D eigenvalue weighted by molar-refractivity contribution is 7.80. The lowest BCUT2D eigenvalue weighted by molar-refractivity contribution is -0.139. The number of amides is 2. The Morgan fingerprint density at radius 2 is 1.76 bits per heavy atom. The van der Waals surface area contributed by atoms with Gasteiger partial charge in [-0.05, 0) is 6.42 Å². The number of thiol groups is 1. The highest BCUT2D eigenvalue weighted by atomic mass is 32.1. The molecule has 9 nitrogen and oxygen atoms in total. The molecule has 118 valence electrons. The maximum atomic E-state index is 11.5. The number of nitrogens with two attached hydrogens (primary N) is 1. The van der Waals surface area contributed by atoms with E-state index in [0.717, 1.165) is 0 Å². The van der Waals surface area contributed by atoms with Crippen molar-refractivity contribution in [3.8, 4) is 0 Å². The fourth-order valence-corrected chi connectivity index (χ4v) is 1.41. The molecule has 0 spiro atoms. The second kappa shape index (κ2) is 11.6. The quantitative estimate of drug-likeness (QED) is 0.192. The number of carboxylic acid groups (broad SMARTS) is 2. The zero-order valence-corrected chi connectivity index (χ0v) is 11.4. The molecule has 0 aliphatic carbocycles. The van der Waals surface area contributed by atoms with Crippen molar-refractivity contribution in [2.45, 2.75) is 24.9 Å². The first-order valence-corrected chi connectivity index (χ1v) is 6.29. The van der Waals surface area contributed by atoms with Crippen molar-refractivity contribution in [3.05, 3.63) is 0 Å². The highest BCUT2D eigenvalue weighted by Gasteiger charge is 2.20. The van der Waals surface area contributed by atoms with Crippen LogP contribution in [0.1, 0.15) is 12.8 Å². The fourth-order valence-electron chi connectivity index (χ4n) is 1.16. The zero-order valence-electron chi connectivity index (χ0n) is 10.5. The minimum absolute atomic E-state index is 0. The van der Waals surface area contributed by atoms with Crippen molar-refractivity contribution >= 4 is 59.4 Å². The van der Waals surface area contributed by atoms with Crippen LogP contribution in [0.15, 0.2) is 0 Å². The molecule has 0 saturated heterocycles. The average Bonchev–Trinajstić information content (AvgIpc) is 2.38. The smallest absolute Gasteiger partial charge is 0.322 e. The Kier molecular flexibility index (Phi) is 12.3. The number of rotatable bonds is 9. The first kappa shape index (κ1) is 22.2. The molecular weight excluding hydrogens is 314 g/mol. The third kappa shape index (κ3) is 10.3. The molecule has 6 N–H and O–H groups in total. The Bertz CT molecular complexity index is 395. The van der Waals surface area contributed by atoms with E-state index in [1.165, 1.54) is 0 Å². The number of hydrogen-bond donors (Lipinski definition) is 6. The number of hydrogen-bond acceptors (Lipinski definition) is 6. The number of carboxylic acids is 2. The number of nitrogens with one attached hydrogen (secondary N) is 2. The van der Waals surface area contributed by atoms with Gasteiger partial charge in [0, 0.05) is 12.2 Å². The second-order valence-electron chi connectivity index (χ2n) is 3.90. The van der Waals surface area contributed by atoms with Gasteiger partial charge in [0.15, 0.2) is 0 Å². The van der Waals surface area contributed by atoms with Gasteiger partial charge in [0.05, 0.1) is 0 Å². The molecule has 0 radical (unpaired) electrons. The van der Waals surface area contributed by atoms with Crippen LogP contribution in [-0.2, 0) is 19.2 Å². The van der Waals surface area contributed by atoms with Crippen LogP contribution < -0.4 is 16.4 Å². The number of aliphatic carboxylic acids is 2. The first-order chi connectivity index (χ1) is 9.27. The van der Waals surface area contributed by atoms with Crippen LogP contribution in [0.5, 0.6) is 0 Å². The summed E-state index contributed by atoms with van der Waals surface area (Å²) >= 11 is 3.87. The molecule has 0 heterocycles. The predicted octanol–water partition coefficient (Wildman–Crippen LogP) is -3.12. The third-order valence-electron chi connectivity index (χ3n) is 2.25. The average molecular weight is 334 g/mol. The van der Waals surface area contributed by atoms with E-state index in [1.807, 2.05) is 0 Å². The van der Waals surface area contributed by atoms with E-state index in [4.69, 9.17) is 15.9 Å². The summed E-state index contributed by atoms with van der Waals surface area (Å²) in [7, 11) is 0. The Morgan fingerprint density at radius 1 is 1.19 bits per heavy atom. The Labute approximate surface area is 142 Å². The van der Waals surface area contributed by atoms with Crippen molar-refractivity contribution in [2.24, 2.45) is 5.73 Å². The molecule has 0 fully saturated rings. The molecule has 2 atom stereocenters. The van der Waals surface area contributed by atoms with Gasteiger partial charge in [-0.3, -0.25) is 19.2 Å². The highest BCUT2D eigenvalue weighted by Crippen LogP contribution is 1.97. The van der Waals surface area contributed by atoms with Crippen LogP contribution in [0.2, 0.25) is 0 Å². The largest absolute Gasteiger partial charge is 0.480 e. The van der Waals surface area contributed by atoms with Crippen LogP contribution in [-0.4, -0.2) is 81.4 Å². The summed E-state index contributed by atoms with van der Waals surface area (Å²) in [6.45, 7) is -0.567. The fraction of sp³-hybridized carbons (Fsp3) is 0.600. The molecule has 0 unspecified atom stereocenters. The molecule has 2 amide bonds. The Hall–Kier alpha value is -1.04. The van der Waals surface area contributed by atoms with E-state index < -0.39 is 42.4 Å². The van der Waals surface area contributed by atoms with E-state index in [1.54, 1.807) is 0 Å². The van der Waals surface area contributed by atoms with Crippen molar-refractivity contribution in [1.29, 1.82) is 0 Å². The first-order valence-electron chi connectivity index (χ1n) is 5.66. The van der Waals surface area contributed by atoms with E-state index >= 15 is 0 Å². The molecule has 0 aliphatic rings. The van der Waals surface area contributed by atoms with Gasteiger partial charge in [-0.2, -0.15) is 12.6 Å². The van der Waals surface area contributed by atoms with E-state index in [-0.39, 0.29) is 41.6 Å². The second-order valence-corrected chi connectivity index (χ2v) is 4.26. The molecule has 0 aromatic rings. The number of carbonyl (C=O) groups is 4.